The van der Waals surface area contributed by atoms with Crippen LogP contribution in [0, 0.1) is 11.6 Å². The van der Waals surface area contributed by atoms with Crippen molar-refractivity contribution in [2.45, 2.75) is 6.42 Å². The van der Waals surface area contributed by atoms with Gasteiger partial charge in [0.1, 0.15) is 0 Å². The summed E-state index contributed by atoms with van der Waals surface area (Å²) < 4.78 is 27.2. The van der Waals surface area contributed by atoms with Crippen molar-refractivity contribution in [1.82, 2.24) is 0 Å². The van der Waals surface area contributed by atoms with Crippen LogP contribution < -0.4 is 11.1 Å². The Balaban J connectivity index is 2.13. The SMILES string of the molecule is Nc1cc(Br)c(NC(=O)Cc2ccc(F)c(F)c2)c(Br)c1. The molecule has 0 bridgehead atoms. The fourth-order valence-corrected chi connectivity index (χ4v) is 3.15. The highest BCUT2D eigenvalue weighted by molar-refractivity contribution is 9.11. The van der Waals surface area contributed by atoms with E-state index in [1.165, 1.54) is 6.07 Å². The third-order valence-corrected chi connectivity index (χ3v) is 3.93. The normalized spacial score (nSPS) is 10.5. The van der Waals surface area contributed by atoms with Crippen LogP contribution in [0.2, 0.25) is 0 Å². The van der Waals surface area contributed by atoms with Crippen molar-refractivity contribution in [1.29, 1.82) is 0 Å². The van der Waals surface area contributed by atoms with Crippen molar-refractivity contribution in [3.63, 3.8) is 0 Å². The fraction of sp³-hybridized carbons (Fsp3) is 0.0714. The van der Waals surface area contributed by atoms with Crippen molar-refractivity contribution in [3.8, 4) is 0 Å². The Morgan fingerprint density at radius 3 is 2.29 bits per heavy atom. The van der Waals surface area contributed by atoms with E-state index in [0.717, 1.165) is 12.1 Å². The molecule has 0 aromatic heterocycles. The molecular weight excluding hydrogens is 410 g/mol. The van der Waals surface area contributed by atoms with E-state index in [-0.39, 0.29) is 12.3 Å². The van der Waals surface area contributed by atoms with Gasteiger partial charge in [-0.3, -0.25) is 4.79 Å². The lowest BCUT2D eigenvalue weighted by molar-refractivity contribution is -0.115. The minimum Gasteiger partial charge on any atom is -0.399 e. The summed E-state index contributed by atoms with van der Waals surface area (Å²) in [6.07, 6.45) is -0.0690. The number of amides is 1. The van der Waals surface area contributed by atoms with Crippen molar-refractivity contribution in [2.75, 3.05) is 11.1 Å². The summed E-state index contributed by atoms with van der Waals surface area (Å²) >= 11 is 6.60. The number of nitrogen functional groups attached to an aromatic ring is 1. The van der Waals surface area contributed by atoms with Gasteiger partial charge in [-0.2, -0.15) is 0 Å². The number of hydrogen-bond acceptors (Lipinski definition) is 2. The molecule has 2 rings (SSSR count). The summed E-state index contributed by atoms with van der Waals surface area (Å²) in [5.41, 5.74) is 7.11. The van der Waals surface area contributed by atoms with Gasteiger partial charge < -0.3 is 11.1 Å². The lowest BCUT2D eigenvalue weighted by Gasteiger charge is -2.11. The van der Waals surface area contributed by atoms with Gasteiger partial charge in [0, 0.05) is 14.6 Å². The molecule has 0 aliphatic carbocycles. The highest BCUT2D eigenvalue weighted by Gasteiger charge is 2.12. The van der Waals surface area contributed by atoms with E-state index in [1.807, 2.05) is 0 Å². The summed E-state index contributed by atoms with van der Waals surface area (Å²) in [7, 11) is 0. The van der Waals surface area contributed by atoms with Crippen LogP contribution in [-0.4, -0.2) is 5.91 Å². The molecule has 7 heteroatoms. The first-order valence-corrected chi connectivity index (χ1v) is 7.43. The zero-order valence-electron chi connectivity index (χ0n) is 10.6. The predicted octanol–water partition coefficient (Wildman–Crippen LogP) is 4.25. The molecular formula is C14H10Br2F2N2O. The molecule has 21 heavy (non-hydrogen) atoms. The summed E-state index contributed by atoms with van der Waals surface area (Å²) in [4.78, 5) is 12.0. The van der Waals surface area contributed by atoms with Crippen LogP contribution in [-0.2, 0) is 11.2 Å². The van der Waals surface area contributed by atoms with Crippen LogP contribution in [0.5, 0.6) is 0 Å². The van der Waals surface area contributed by atoms with E-state index >= 15 is 0 Å². The average molecular weight is 420 g/mol. The molecule has 1 amide bonds. The van der Waals surface area contributed by atoms with Gasteiger partial charge in [-0.1, -0.05) is 6.07 Å². The van der Waals surface area contributed by atoms with Crippen LogP contribution in [0.4, 0.5) is 20.2 Å². The second-order valence-corrected chi connectivity index (χ2v) is 6.04. The Hall–Kier alpha value is -1.47. The minimum absolute atomic E-state index is 0.0690. The largest absolute Gasteiger partial charge is 0.399 e. The quantitative estimate of drug-likeness (QED) is 0.730. The Morgan fingerprint density at radius 2 is 1.71 bits per heavy atom. The highest BCUT2D eigenvalue weighted by atomic mass is 79.9. The second-order valence-electron chi connectivity index (χ2n) is 4.33. The van der Waals surface area contributed by atoms with Gasteiger partial charge in [0.25, 0.3) is 0 Å². The number of halogens is 4. The van der Waals surface area contributed by atoms with Crippen LogP contribution >= 0.6 is 31.9 Å². The Labute approximate surface area is 136 Å². The molecule has 0 unspecified atom stereocenters. The molecule has 2 aromatic carbocycles. The van der Waals surface area contributed by atoms with Crippen LogP contribution in [0.25, 0.3) is 0 Å². The third-order valence-electron chi connectivity index (χ3n) is 2.68. The molecule has 0 heterocycles. The summed E-state index contributed by atoms with van der Waals surface area (Å²) in [5, 5.41) is 2.68. The maximum absolute atomic E-state index is 13.1. The molecule has 110 valence electrons. The fourth-order valence-electron chi connectivity index (χ4n) is 1.73. The average Bonchev–Trinajstić information content (AvgIpc) is 2.38. The number of nitrogens with two attached hydrogens (primary N) is 1. The Bertz CT molecular complexity index is 684. The summed E-state index contributed by atoms with van der Waals surface area (Å²) in [6, 6.07) is 6.66. The molecule has 3 N–H and O–H groups in total. The number of anilines is 2. The van der Waals surface area contributed by atoms with Crippen LogP contribution in [0.3, 0.4) is 0 Å². The van der Waals surface area contributed by atoms with Crippen molar-refractivity contribution in [2.24, 2.45) is 0 Å². The first kappa shape index (κ1) is 15.9. The molecule has 0 atom stereocenters. The first-order chi connectivity index (χ1) is 9.86. The summed E-state index contributed by atoms with van der Waals surface area (Å²) in [5.74, 6) is -2.27. The van der Waals surface area contributed by atoms with Crippen molar-refractivity contribution < 1.29 is 13.6 Å². The number of rotatable bonds is 3. The van der Waals surface area contributed by atoms with E-state index in [9.17, 15) is 13.6 Å². The van der Waals surface area contributed by atoms with E-state index < -0.39 is 11.6 Å². The molecule has 0 fully saturated rings. The lowest BCUT2D eigenvalue weighted by atomic mass is 10.1. The predicted molar refractivity (Wildman–Crippen MR) is 84.9 cm³/mol. The van der Waals surface area contributed by atoms with Crippen molar-refractivity contribution >= 4 is 49.1 Å². The standard InChI is InChI=1S/C14H10Br2F2N2O/c15-9-5-8(19)6-10(16)14(9)20-13(21)4-7-1-2-11(17)12(18)3-7/h1-3,5-6H,4,19H2,(H,20,21). The molecule has 3 nitrogen and oxygen atoms in total. The molecule has 0 aliphatic rings. The van der Waals surface area contributed by atoms with Crippen LogP contribution in [0.15, 0.2) is 39.3 Å². The highest BCUT2D eigenvalue weighted by Crippen LogP contribution is 2.33. The summed E-state index contributed by atoms with van der Waals surface area (Å²) in [6.45, 7) is 0. The molecule has 2 aromatic rings. The number of benzene rings is 2. The molecule has 0 saturated heterocycles. The van der Waals surface area contributed by atoms with Crippen LogP contribution in [0.1, 0.15) is 5.56 Å². The van der Waals surface area contributed by atoms with Gasteiger partial charge in [0.2, 0.25) is 5.91 Å². The van der Waals surface area contributed by atoms with E-state index in [0.29, 0.717) is 25.9 Å². The molecule has 0 spiro atoms. The molecule has 0 saturated carbocycles. The molecule has 0 radical (unpaired) electrons. The van der Waals surface area contributed by atoms with Gasteiger partial charge in [0.15, 0.2) is 11.6 Å². The Morgan fingerprint density at radius 1 is 1.10 bits per heavy atom. The monoisotopic (exact) mass is 418 g/mol. The van der Waals surface area contributed by atoms with Gasteiger partial charge in [-0.15, -0.1) is 0 Å². The second kappa shape index (κ2) is 6.53. The van der Waals surface area contributed by atoms with E-state index in [4.69, 9.17) is 5.73 Å². The number of nitrogens with one attached hydrogen (secondary N) is 1. The van der Waals surface area contributed by atoms with Gasteiger partial charge in [-0.25, -0.2) is 8.78 Å². The topological polar surface area (TPSA) is 55.1 Å². The van der Waals surface area contributed by atoms with E-state index in [2.05, 4.69) is 37.2 Å². The zero-order valence-corrected chi connectivity index (χ0v) is 13.8. The van der Waals surface area contributed by atoms with Gasteiger partial charge in [0.05, 0.1) is 12.1 Å². The number of carbonyl (C=O) groups is 1. The lowest BCUT2D eigenvalue weighted by Crippen LogP contribution is -2.15. The van der Waals surface area contributed by atoms with E-state index in [1.54, 1.807) is 12.1 Å². The number of carbonyl (C=O) groups excluding carboxylic acids is 1. The van der Waals surface area contributed by atoms with Gasteiger partial charge in [-0.05, 0) is 61.7 Å². The van der Waals surface area contributed by atoms with Gasteiger partial charge >= 0.3 is 0 Å². The first-order valence-electron chi connectivity index (χ1n) is 5.85. The third kappa shape index (κ3) is 4.01. The number of hydrogen-bond donors (Lipinski definition) is 2. The van der Waals surface area contributed by atoms with Crippen molar-refractivity contribution in [3.05, 3.63) is 56.5 Å². The molecule has 0 aliphatic heterocycles. The minimum atomic E-state index is -0.977. The zero-order chi connectivity index (χ0) is 15.6. The smallest absolute Gasteiger partial charge is 0.228 e. The maximum atomic E-state index is 13.1. The maximum Gasteiger partial charge on any atom is 0.228 e. The Kier molecular flexibility index (Phi) is 4.95.